The maximum absolute atomic E-state index is 10.9. The summed E-state index contributed by atoms with van der Waals surface area (Å²) in [6.45, 7) is 0.584. The lowest BCUT2D eigenvalue weighted by Gasteiger charge is -2.20. The molecule has 1 aliphatic rings. The lowest BCUT2D eigenvalue weighted by molar-refractivity contribution is -0.140. The first-order chi connectivity index (χ1) is 7.20. The van der Waals surface area contributed by atoms with Crippen LogP contribution in [0.4, 0.5) is 0 Å². The quantitative estimate of drug-likeness (QED) is 0.409. The Morgan fingerprint density at radius 1 is 1.67 bits per heavy atom. The van der Waals surface area contributed by atoms with Gasteiger partial charge in [-0.25, -0.2) is 0 Å². The molecule has 0 aromatic carbocycles. The van der Waals surface area contributed by atoms with Crippen molar-refractivity contribution < 1.29 is 19.7 Å². The minimum Gasteiger partial charge on any atom is -0.480 e. The zero-order valence-electron chi connectivity index (χ0n) is 8.85. The van der Waals surface area contributed by atoms with Gasteiger partial charge in [-0.2, -0.15) is 0 Å². The van der Waals surface area contributed by atoms with E-state index in [9.17, 15) is 4.79 Å². The van der Waals surface area contributed by atoms with Crippen LogP contribution in [0.15, 0.2) is 0 Å². The predicted molar refractivity (Wildman–Crippen MR) is 55.7 cm³/mol. The van der Waals surface area contributed by atoms with E-state index in [0.29, 0.717) is 12.9 Å². The summed E-state index contributed by atoms with van der Waals surface area (Å²) in [5.41, 5.74) is 0. The van der Waals surface area contributed by atoms with Crippen LogP contribution < -0.4 is 5.32 Å². The van der Waals surface area contributed by atoms with Crippen LogP contribution in [-0.2, 0) is 9.53 Å². The van der Waals surface area contributed by atoms with E-state index in [0.717, 1.165) is 20.3 Å². The van der Waals surface area contributed by atoms with E-state index in [1.807, 2.05) is 0 Å². The molecule has 0 spiro atoms. The Bertz CT molecular complexity index is 214. The van der Waals surface area contributed by atoms with Crippen molar-refractivity contribution in [1.82, 2.24) is 5.32 Å². The molecule has 1 heterocycles. The highest BCUT2D eigenvalue weighted by Crippen LogP contribution is 2.24. The molecule has 0 amide bonds. The number of hydrogen-bond acceptors (Lipinski definition) is 4. The summed E-state index contributed by atoms with van der Waals surface area (Å²) < 4.78 is 5.24. The highest BCUT2D eigenvalue weighted by Gasteiger charge is 2.39. The highest BCUT2D eigenvalue weighted by atomic mass is 16.5. The fourth-order valence-corrected chi connectivity index (χ4v) is 2.09. The van der Waals surface area contributed by atoms with Crippen LogP contribution in [0.5, 0.6) is 0 Å². The van der Waals surface area contributed by atoms with Gasteiger partial charge in [-0.1, -0.05) is 12.7 Å². The number of carbonyl (C=O) groups is 1. The van der Waals surface area contributed by atoms with Crippen molar-refractivity contribution in [2.45, 2.75) is 31.3 Å². The Labute approximate surface area is 90.1 Å². The van der Waals surface area contributed by atoms with Gasteiger partial charge in [0, 0.05) is 19.6 Å². The van der Waals surface area contributed by atoms with Crippen molar-refractivity contribution in [2.75, 3.05) is 13.7 Å². The van der Waals surface area contributed by atoms with Crippen molar-refractivity contribution in [2.24, 2.45) is 5.92 Å². The summed E-state index contributed by atoms with van der Waals surface area (Å²) >= 11 is 0. The summed E-state index contributed by atoms with van der Waals surface area (Å²) in [5.74, 6) is -0.833. The lowest BCUT2D eigenvalue weighted by atomic mass is 9.86. The van der Waals surface area contributed by atoms with Gasteiger partial charge in [-0.15, -0.1) is 0 Å². The standard InChI is InChI=1S/C9H17BNO4/c1-15-7-5-11-8(9(12)13)6(7)3-2-4-10-14/h6-8,11,14H,2-5H2,1H3,(H,12,13). The van der Waals surface area contributed by atoms with Crippen LogP contribution in [0.1, 0.15) is 12.8 Å². The molecule has 85 valence electrons. The van der Waals surface area contributed by atoms with Gasteiger partial charge in [0.25, 0.3) is 7.48 Å². The number of carboxylic acid groups (broad SMARTS) is 1. The van der Waals surface area contributed by atoms with Crippen LogP contribution in [0.25, 0.3) is 0 Å². The Kier molecular flexibility index (Phi) is 5.07. The fraction of sp³-hybridized carbons (Fsp3) is 0.889. The van der Waals surface area contributed by atoms with Gasteiger partial charge < -0.3 is 20.2 Å². The molecular formula is C9H17BNO4. The molecule has 0 saturated carbocycles. The van der Waals surface area contributed by atoms with Gasteiger partial charge in [0.2, 0.25) is 0 Å². The monoisotopic (exact) mass is 214 g/mol. The van der Waals surface area contributed by atoms with Crippen LogP contribution in [0, 0.1) is 5.92 Å². The minimum atomic E-state index is -0.826. The minimum absolute atomic E-state index is 0.00699. The second kappa shape index (κ2) is 6.10. The number of hydrogen-bond donors (Lipinski definition) is 3. The number of rotatable bonds is 6. The molecule has 0 aromatic heterocycles. The Morgan fingerprint density at radius 2 is 2.40 bits per heavy atom. The predicted octanol–water partition coefficient (Wildman–Crippen LogP) is -0.516. The number of aliphatic carboxylic acids is 1. The molecule has 0 aromatic rings. The van der Waals surface area contributed by atoms with E-state index < -0.39 is 12.0 Å². The molecule has 3 N–H and O–H groups in total. The van der Waals surface area contributed by atoms with Crippen molar-refractivity contribution in [3.63, 3.8) is 0 Å². The number of nitrogens with one attached hydrogen (secondary N) is 1. The second-order valence-electron chi connectivity index (χ2n) is 3.78. The van der Waals surface area contributed by atoms with Crippen molar-refractivity contribution >= 4 is 13.5 Å². The summed E-state index contributed by atoms with van der Waals surface area (Å²) in [7, 11) is 2.71. The lowest BCUT2D eigenvalue weighted by Crippen LogP contribution is -2.36. The van der Waals surface area contributed by atoms with Gasteiger partial charge in [0.1, 0.15) is 6.04 Å². The van der Waals surface area contributed by atoms with Crippen molar-refractivity contribution in [1.29, 1.82) is 0 Å². The van der Waals surface area contributed by atoms with Crippen LogP contribution >= 0.6 is 0 Å². The van der Waals surface area contributed by atoms with Crippen LogP contribution in [0.2, 0.25) is 6.32 Å². The van der Waals surface area contributed by atoms with E-state index in [-0.39, 0.29) is 12.0 Å². The summed E-state index contributed by atoms with van der Waals surface area (Å²) in [4.78, 5) is 10.9. The Morgan fingerprint density at radius 3 is 2.93 bits per heavy atom. The molecule has 0 aliphatic carbocycles. The molecule has 6 heteroatoms. The highest BCUT2D eigenvalue weighted by molar-refractivity contribution is 6.25. The molecule has 1 rings (SSSR count). The zero-order chi connectivity index (χ0) is 11.3. The van der Waals surface area contributed by atoms with Crippen LogP contribution in [-0.4, -0.2) is 49.4 Å². The smallest absolute Gasteiger partial charge is 0.321 e. The maximum Gasteiger partial charge on any atom is 0.321 e. The first-order valence-corrected chi connectivity index (χ1v) is 5.15. The number of carboxylic acids is 1. The van der Waals surface area contributed by atoms with Crippen molar-refractivity contribution in [3.8, 4) is 0 Å². The van der Waals surface area contributed by atoms with Gasteiger partial charge in [-0.3, -0.25) is 4.79 Å². The van der Waals surface area contributed by atoms with Crippen molar-refractivity contribution in [3.05, 3.63) is 0 Å². The van der Waals surface area contributed by atoms with E-state index in [1.54, 1.807) is 7.11 Å². The van der Waals surface area contributed by atoms with Gasteiger partial charge >= 0.3 is 5.97 Å². The summed E-state index contributed by atoms with van der Waals surface area (Å²) in [5, 5.41) is 20.5. The first kappa shape index (κ1) is 12.5. The molecule has 1 saturated heterocycles. The molecule has 15 heavy (non-hydrogen) atoms. The largest absolute Gasteiger partial charge is 0.480 e. The van der Waals surface area contributed by atoms with E-state index in [4.69, 9.17) is 14.9 Å². The van der Waals surface area contributed by atoms with Gasteiger partial charge in [-0.05, 0) is 6.42 Å². The maximum atomic E-state index is 10.9. The molecule has 0 bridgehead atoms. The molecule has 1 radical (unpaired) electrons. The molecule has 1 fully saturated rings. The summed E-state index contributed by atoms with van der Waals surface area (Å²) in [6.07, 6.45) is 2.09. The average molecular weight is 214 g/mol. The Hall–Kier alpha value is -0.585. The Balaban J connectivity index is 2.48. The zero-order valence-corrected chi connectivity index (χ0v) is 8.85. The first-order valence-electron chi connectivity index (χ1n) is 5.15. The third-order valence-electron chi connectivity index (χ3n) is 2.88. The second-order valence-corrected chi connectivity index (χ2v) is 3.78. The van der Waals surface area contributed by atoms with Gasteiger partial charge in [0.15, 0.2) is 0 Å². The third kappa shape index (κ3) is 3.19. The molecule has 3 atom stereocenters. The molecule has 5 nitrogen and oxygen atoms in total. The normalized spacial score (nSPS) is 30.4. The fourth-order valence-electron chi connectivity index (χ4n) is 2.09. The molecular weight excluding hydrogens is 197 g/mol. The topological polar surface area (TPSA) is 78.8 Å². The van der Waals surface area contributed by atoms with Crippen LogP contribution in [0.3, 0.4) is 0 Å². The average Bonchev–Trinajstić information content (AvgIpc) is 2.61. The van der Waals surface area contributed by atoms with E-state index in [2.05, 4.69) is 5.32 Å². The molecule has 1 aliphatic heterocycles. The number of methoxy groups -OCH3 is 1. The third-order valence-corrected chi connectivity index (χ3v) is 2.88. The summed E-state index contributed by atoms with van der Waals surface area (Å²) in [6, 6.07) is -0.520. The molecule has 3 unspecified atom stereocenters. The van der Waals surface area contributed by atoms with E-state index in [1.165, 1.54) is 0 Å². The SMILES string of the molecule is COC1CNC(C(=O)O)C1CCC[B]O. The van der Waals surface area contributed by atoms with Gasteiger partial charge in [0.05, 0.1) is 6.10 Å². The van der Waals surface area contributed by atoms with E-state index >= 15 is 0 Å². The number of ether oxygens (including phenoxy) is 1.